The first-order valence-electron chi connectivity index (χ1n) is 6.48. The Balaban J connectivity index is 2.21. The van der Waals surface area contributed by atoms with Crippen LogP contribution in [0.3, 0.4) is 0 Å². The number of hydrogen-bond donors (Lipinski definition) is 2. The van der Waals surface area contributed by atoms with E-state index in [2.05, 4.69) is 4.72 Å². The number of carboxylic acids is 1. The summed E-state index contributed by atoms with van der Waals surface area (Å²) >= 11 is 0. The summed E-state index contributed by atoms with van der Waals surface area (Å²) in [7, 11) is -4.07. The molecule has 1 fully saturated rings. The lowest BCUT2D eigenvalue weighted by atomic mass is 10.1. The van der Waals surface area contributed by atoms with E-state index in [0.29, 0.717) is 12.7 Å². The van der Waals surface area contributed by atoms with Gasteiger partial charge in [0, 0.05) is 12.6 Å². The molecule has 6 nitrogen and oxygen atoms in total. The highest BCUT2D eigenvalue weighted by Crippen LogP contribution is 2.20. The molecule has 2 N–H and O–H groups in total. The lowest BCUT2D eigenvalue weighted by Crippen LogP contribution is -2.41. The molecule has 0 amide bonds. The predicted octanol–water partition coefficient (Wildman–Crippen LogP) is 1.37. The van der Waals surface area contributed by atoms with E-state index in [1.54, 1.807) is 6.92 Å². The van der Waals surface area contributed by atoms with Crippen molar-refractivity contribution in [1.29, 1.82) is 0 Å². The molecule has 0 radical (unpaired) electrons. The number of carboxylic acid groups (broad SMARTS) is 1. The molecule has 116 valence electrons. The molecule has 0 saturated carbocycles. The molecule has 1 aliphatic rings. The number of halogens is 1. The maximum Gasteiger partial charge on any atom is 0.335 e. The van der Waals surface area contributed by atoms with Crippen molar-refractivity contribution in [1.82, 2.24) is 4.72 Å². The van der Waals surface area contributed by atoms with Crippen LogP contribution in [0.2, 0.25) is 0 Å². The van der Waals surface area contributed by atoms with Crippen molar-refractivity contribution >= 4 is 16.0 Å². The Labute approximate surface area is 122 Å². The van der Waals surface area contributed by atoms with E-state index in [1.165, 1.54) is 0 Å². The van der Waals surface area contributed by atoms with Crippen LogP contribution in [0.4, 0.5) is 4.39 Å². The van der Waals surface area contributed by atoms with Gasteiger partial charge in [0.05, 0.1) is 11.7 Å². The molecule has 2 atom stereocenters. The molecule has 0 aromatic heterocycles. The van der Waals surface area contributed by atoms with Gasteiger partial charge in [0.25, 0.3) is 0 Å². The Kier molecular flexibility index (Phi) is 4.60. The predicted molar refractivity (Wildman–Crippen MR) is 72.1 cm³/mol. The molecule has 0 spiro atoms. The summed E-state index contributed by atoms with van der Waals surface area (Å²) in [6.07, 6.45) is 1.36. The van der Waals surface area contributed by atoms with Gasteiger partial charge in [-0.25, -0.2) is 22.3 Å². The van der Waals surface area contributed by atoms with Crippen LogP contribution in [0.25, 0.3) is 0 Å². The summed E-state index contributed by atoms with van der Waals surface area (Å²) in [5.74, 6) is -2.42. The van der Waals surface area contributed by atoms with E-state index >= 15 is 0 Å². The minimum Gasteiger partial charge on any atom is -0.478 e. The summed E-state index contributed by atoms with van der Waals surface area (Å²) in [6.45, 7) is 2.23. The lowest BCUT2D eigenvalue weighted by molar-refractivity contribution is 0.0696. The summed E-state index contributed by atoms with van der Waals surface area (Å²) in [5, 5.41) is 8.74. The third-order valence-electron chi connectivity index (χ3n) is 3.33. The van der Waals surface area contributed by atoms with E-state index in [9.17, 15) is 17.6 Å². The monoisotopic (exact) mass is 317 g/mol. The first-order valence-corrected chi connectivity index (χ1v) is 7.96. The van der Waals surface area contributed by atoms with Crippen molar-refractivity contribution < 1.29 is 27.4 Å². The third kappa shape index (κ3) is 3.58. The van der Waals surface area contributed by atoms with E-state index in [4.69, 9.17) is 9.84 Å². The van der Waals surface area contributed by atoms with Gasteiger partial charge in [-0.15, -0.1) is 0 Å². The van der Waals surface area contributed by atoms with Crippen molar-refractivity contribution in [3.8, 4) is 0 Å². The second kappa shape index (κ2) is 6.08. The van der Waals surface area contributed by atoms with E-state index in [1.807, 2.05) is 0 Å². The van der Waals surface area contributed by atoms with Crippen molar-refractivity contribution in [2.75, 3.05) is 6.61 Å². The molecule has 0 aliphatic carbocycles. The zero-order chi connectivity index (χ0) is 15.6. The Morgan fingerprint density at radius 2 is 2.24 bits per heavy atom. The molecule has 1 saturated heterocycles. The highest BCUT2D eigenvalue weighted by molar-refractivity contribution is 7.89. The zero-order valence-electron chi connectivity index (χ0n) is 11.4. The Bertz CT molecular complexity index is 640. The SMILES string of the molecule is CC(NS(=O)(=O)c1ccc(C(=O)O)cc1F)C1CCCO1. The van der Waals surface area contributed by atoms with Gasteiger partial charge in [-0.3, -0.25) is 0 Å². The van der Waals surface area contributed by atoms with Crippen LogP contribution in [0, 0.1) is 5.82 Å². The van der Waals surface area contributed by atoms with Gasteiger partial charge < -0.3 is 9.84 Å². The average molecular weight is 317 g/mol. The molecule has 1 aromatic carbocycles. The molecule has 8 heteroatoms. The third-order valence-corrected chi connectivity index (χ3v) is 4.92. The summed E-state index contributed by atoms with van der Waals surface area (Å²) in [4.78, 5) is 10.1. The second-order valence-corrected chi connectivity index (χ2v) is 6.59. The fraction of sp³-hybridized carbons (Fsp3) is 0.462. The molecule has 2 rings (SSSR count). The lowest BCUT2D eigenvalue weighted by Gasteiger charge is -2.20. The van der Waals surface area contributed by atoms with Crippen molar-refractivity contribution in [2.45, 2.75) is 36.8 Å². The average Bonchev–Trinajstić information content (AvgIpc) is 2.91. The van der Waals surface area contributed by atoms with Crippen LogP contribution in [0.1, 0.15) is 30.1 Å². The molecular weight excluding hydrogens is 301 g/mol. The van der Waals surface area contributed by atoms with E-state index in [0.717, 1.165) is 25.0 Å². The second-order valence-electron chi connectivity index (χ2n) is 4.91. The van der Waals surface area contributed by atoms with Crippen molar-refractivity contribution in [3.05, 3.63) is 29.6 Å². The minimum atomic E-state index is -4.07. The number of aromatic carboxylic acids is 1. The van der Waals surface area contributed by atoms with Gasteiger partial charge in [0.15, 0.2) is 0 Å². The summed E-state index contributed by atoms with van der Waals surface area (Å²) in [6, 6.07) is 2.20. The quantitative estimate of drug-likeness (QED) is 0.855. The molecule has 1 heterocycles. The molecular formula is C13H16FNO5S. The van der Waals surface area contributed by atoms with Gasteiger partial charge in [0.2, 0.25) is 10.0 Å². The molecule has 1 aromatic rings. The summed E-state index contributed by atoms with van der Waals surface area (Å²) < 4.78 is 45.9. The van der Waals surface area contributed by atoms with Crippen LogP contribution in [0.5, 0.6) is 0 Å². The fourth-order valence-corrected chi connectivity index (χ4v) is 3.56. The first kappa shape index (κ1) is 15.9. The molecule has 0 bridgehead atoms. The Morgan fingerprint density at radius 1 is 1.52 bits per heavy atom. The van der Waals surface area contributed by atoms with Crippen LogP contribution >= 0.6 is 0 Å². The molecule has 1 aliphatic heterocycles. The minimum absolute atomic E-state index is 0.235. The number of benzene rings is 1. The van der Waals surface area contributed by atoms with Crippen LogP contribution in [-0.4, -0.2) is 38.2 Å². The van der Waals surface area contributed by atoms with Gasteiger partial charge in [-0.05, 0) is 38.0 Å². The highest BCUT2D eigenvalue weighted by Gasteiger charge is 2.28. The maximum atomic E-state index is 13.8. The Hall–Kier alpha value is -1.51. The van der Waals surface area contributed by atoms with Crippen LogP contribution in [0.15, 0.2) is 23.1 Å². The largest absolute Gasteiger partial charge is 0.478 e. The Morgan fingerprint density at radius 3 is 2.76 bits per heavy atom. The van der Waals surface area contributed by atoms with Gasteiger partial charge >= 0.3 is 5.97 Å². The number of carbonyl (C=O) groups is 1. The smallest absolute Gasteiger partial charge is 0.335 e. The van der Waals surface area contributed by atoms with Crippen molar-refractivity contribution in [2.24, 2.45) is 0 Å². The molecule has 21 heavy (non-hydrogen) atoms. The standard InChI is InChI=1S/C13H16FNO5S/c1-8(11-3-2-6-20-11)15-21(18,19)12-5-4-9(13(16)17)7-10(12)14/h4-5,7-8,11,15H,2-3,6H2,1H3,(H,16,17). The zero-order valence-corrected chi connectivity index (χ0v) is 12.2. The maximum absolute atomic E-state index is 13.8. The number of sulfonamides is 1. The van der Waals surface area contributed by atoms with Gasteiger partial charge in [-0.1, -0.05) is 0 Å². The van der Waals surface area contributed by atoms with Crippen LogP contribution in [-0.2, 0) is 14.8 Å². The fourth-order valence-electron chi connectivity index (χ4n) is 2.23. The topological polar surface area (TPSA) is 92.7 Å². The molecule has 2 unspecified atom stereocenters. The van der Waals surface area contributed by atoms with E-state index < -0.39 is 32.7 Å². The number of hydrogen-bond acceptors (Lipinski definition) is 4. The normalized spacial score (nSPS) is 20.4. The van der Waals surface area contributed by atoms with E-state index in [-0.39, 0.29) is 11.7 Å². The number of rotatable bonds is 5. The van der Waals surface area contributed by atoms with Crippen LogP contribution < -0.4 is 4.72 Å². The first-order chi connectivity index (χ1) is 9.81. The number of nitrogens with one attached hydrogen (secondary N) is 1. The number of ether oxygens (including phenoxy) is 1. The summed E-state index contributed by atoms with van der Waals surface area (Å²) in [5.41, 5.74) is -0.307. The van der Waals surface area contributed by atoms with Crippen molar-refractivity contribution in [3.63, 3.8) is 0 Å². The van der Waals surface area contributed by atoms with Gasteiger partial charge in [-0.2, -0.15) is 0 Å². The van der Waals surface area contributed by atoms with Gasteiger partial charge in [0.1, 0.15) is 10.7 Å². The highest BCUT2D eigenvalue weighted by atomic mass is 32.2.